The highest BCUT2D eigenvalue weighted by Crippen LogP contribution is 2.44. The topological polar surface area (TPSA) is 26.0 Å². The van der Waals surface area contributed by atoms with Crippen molar-refractivity contribution in [2.24, 2.45) is 17.6 Å². The van der Waals surface area contributed by atoms with Crippen molar-refractivity contribution < 1.29 is 0 Å². The van der Waals surface area contributed by atoms with E-state index in [0.717, 1.165) is 0 Å². The molecule has 0 radical (unpaired) electrons. The van der Waals surface area contributed by atoms with Crippen molar-refractivity contribution in [1.82, 2.24) is 0 Å². The Morgan fingerprint density at radius 2 is 1.62 bits per heavy atom. The standard InChI is InChI=1S/C28H43NS3/c1-10-21(4)30-27(8)16-11-12-24(15-17-27)32-28(9)18-23(22(5)20(2)3)13-14-25(19-28)31-26(6,7)29/h11-22H,10,29H2,1-9H3. The van der Waals surface area contributed by atoms with E-state index in [-0.39, 0.29) is 14.4 Å². The Balaban J connectivity index is 2.36. The molecule has 0 aromatic rings. The van der Waals surface area contributed by atoms with E-state index in [9.17, 15) is 0 Å². The van der Waals surface area contributed by atoms with Gasteiger partial charge in [-0.2, -0.15) is 0 Å². The molecule has 2 aliphatic carbocycles. The minimum absolute atomic E-state index is 0.0354. The van der Waals surface area contributed by atoms with Gasteiger partial charge < -0.3 is 5.73 Å². The Morgan fingerprint density at radius 3 is 2.22 bits per heavy atom. The van der Waals surface area contributed by atoms with Crippen LogP contribution in [-0.4, -0.2) is 19.6 Å². The lowest BCUT2D eigenvalue weighted by Gasteiger charge is -2.27. The lowest BCUT2D eigenvalue weighted by Crippen LogP contribution is -2.27. The molecule has 1 nitrogen and oxygen atoms in total. The summed E-state index contributed by atoms with van der Waals surface area (Å²) in [7, 11) is 0. The predicted octanol–water partition coefficient (Wildman–Crippen LogP) is 8.88. The van der Waals surface area contributed by atoms with Crippen LogP contribution in [0.1, 0.15) is 68.7 Å². The first-order valence-corrected chi connectivity index (χ1v) is 14.3. The zero-order chi connectivity index (χ0) is 24.2. The molecule has 0 aromatic carbocycles. The molecule has 2 N–H and O–H groups in total. The maximum atomic E-state index is 6.36. The summed E-state index contributed by atoms with van der Waals surface area (Å²) < 4.78 is -0.113. The van der Waals surface area contributed by atoms with Crippen LogP contribution in [0.5, 0.6) is 0 Å². The summed E-state index contributed by atoms with van der Waals surface area (Å²) in [4.78, 5) is 2.22. The smallest absolute Gasteiger partial charge is 0.0609 e. The van der Waals surface area contributed by atoms with E-state index in [1.165, 1.54) is 21.8 Å². The molecule has 4 atom stereocenters. The van der Waals surface area contributed by atoms with Gasteiger partial charge in [0.2, 0.25) is 0 Å². The van der Waals surface area contributed by atoms with Crippen LogP contribution in [0.4, 0.5) is 0 Å². The molecule has 2 rings (SSSR count). The van der Waals surface area contributed by atoms with Gasteiger partial charge in [0.05, 0.1) is 9.62 Å². The molecule has 0 aromatic heterocycles. The summed E-state index contributed by atoms with van der Waals surface area (Å²) in [6, 6.07) is 0. The molecule has 4 unspecified atom stereocenters. The molecule has 0 saturated carbocycles. The maximum absolute atomic E-state index is 6.36. The molecule has 4 heteroatoms. The normalized spacial score (nSPS) is 28.0. The highest BCUT2D eigenvalue weighted by molar-refractivity contribution is 8.05. The van der Waals surface area contributed by atoms with Crippen LogP contribution in [0.15, 0.2) is 70.1 Å². The predicted molar refractivity (Wildman–Crippen MR) is 153 cm³/mol. The Morgan fingerprint density at radius 1 is 0.938 bits per heavy atom. The van der Waals surface area contributed by atoms with Gasteiger partial charge in [-0.15, -0.1) is 35.3 Å². The zero-order valence-corrected chi connectivity index (χ0v) is 23.9. The Labute approximate surface area is 210 Å². The number of allylic oxidation sites excluding steroid dienone is 6. The van der Waals surface area contributed by atoms with E-state index in [1.807, 2.05) is 23.5 Å². The number of nitrogens with two attached hydrogens (primary N) is 1. The molecule has 32 heavy (non-hydrogen) atoms. The van der Waals surface area contributed by atoms with Gasteiger partial charge >= 0.3 is 0 Å². The Hall–Kier alpha value is -0.550. The van der Waals surface area contributed by atoms with Crippen LogP contribution in [0.2, 0.25) is 0 Å². The first-order valence-electron chi connectivity index (χ1n) is 11.8. The number of hydrogen-bond donors (Lipinski definition) is 1. The third-order valence-electron chi connectivity index (χ3n) is 5.86. The zero-order valence-electron chi connectivity index (χ0n) is 21.4. The second-order valence-electron chi connectivity index (χ2n) is 10.3. The monoisotopic (exact) mass is 489 g/mol. The maximum Gasteiger partial charge on any atom is 0.0609 e. The van der Waals surface area contributed by atoms with Gasteiger partial charge in [0.25, 0.3) is 0 Å². The molecule has 0 bridgehead atoms. The van der Waals surface area contributed by atoms with Crippen LogP contribution in [0.25, 0.3) is 0 Å². The van der Waals surface area contributed by atoms with E-state index < -0.39 is 0 Å². The summed E-state index contributed by atoms with van der Waals surface area (Å²) in [5.74, 6) is 1.10. The lowest BCUT2D eigenvalue weighted by molar-refractivity contribution is 0.486. The minimum Gasteiger partial charge on any atom is -0.317 e. The van der Waals surface area contributed by atoms with Crippen molar-refractivity contribution in [3.05, 3.63) is 70.1 Å². The quantitative estimate of drug-likeness (QED) is 0.327. The number of hydrogen-bond acceptors (Lipinski definition) is 4. The van der Waals surface area contributed by atoms with Crippen LogP contribution in [-0.2, 0) is 0 Å². The highest BCUT2D eigenvalue weighted by atomic mass is 32.2. The Bertz CT molecular complexity index is 837. The van der Waals surface area contributed by atoms with E-state index in [0.29, 0.717) is 17.1 Å². The summed E-state index contributed by atoms with van der Waals surface area (Å²) in [5.41, 5.74) is 7.77. The third kappa shape index (κ3) is 8.66. The first kappa shape index (κ1) is 27.7. The SMILES string of the molecule is CCC(C)SC1(C)C=CC=C(SC2(C)C=C(SC(C)(C)N)C=CC(C(C)C(C)C)=C2)C=C1. The molecular weight excluding hydrogens is 447 g/mol. The lowest BCUT2D eigenvalue weighted by atomic mass is 9.88. The fourth-order valence-electron chi connectivity index (χ4n) is 3.63. The van der Waals surface area contributed by atoms with Crippen LogP contribution >= 0.6 is 35.3 Å². The van der Waals surface area contributed by atoms with Gasteiger partial charge in [-0.3, -0.25) is 0 Å². The molecule has 0 saturated heterocycles. The summed E-state index contributed by atoms with van der Waals surface area (Å²) >= 11 is 5.70. The minimum atomic E-state index is -0.310. The average Bonchev–Trinajstić information content (AvgIpc) is 2.93. The number of thioether (sulfide) groups is 3. The second kappa shape index (κ2) is 11.3. The molecule has 0 spiro atoms. The van der Waals surface area contributed by atoms with E-state index in [4.69, 9.17) is 5.73 Å². The molecular formula is C28H43NS3. The largest absolute Gasteiger partial charge is 0.317 e. The van der Waals surface area contributed by atoms with Crippen molar-refractivity contribution in [3.8, 4) is 0 Å². The van der Waals surface area contributed by atoms with Gasteiger partial charge in [-0.1, -0.05) is 77.2 Å². The third-order valence-corrected chi connectivity index (χ3v) is 9.58. The van der Waals surface area contributed by atoms with E-state index in [2.05, 4.69) is 117 Å². The number of rotatable bonds is 9. The summed E-state index contributed by atoms with van der Waals surface area (Å²) in [6.07, 6.45) is 22.1. The molecule has 178 valence electrons. The molecule has 0 aliphatic heterocycles. The first-order chi connectivity index (χ1) is 14.7. The molecule has 0 heterocycles. The fraction of sp³-hybridized carbons (Fsp3) is 0.571. The molecule has 0 amide bonds. The highest BCUT2D eigenvalue weighted by Gasteiger charge is 2.28. The second-order valence-corrected chi connectivity index (χ2v) is 15.5. The van der Waals surface area contributed by atoms with E-state index >= 15 is 0 Å². The van der Waals surface area contributed by atoms with Crippen LogP contribution in [0.3, 0.4) is 0 Å². The van der Waals surface area contributed by atoms with Crippen molar-refractivity contribution >= 4 is 35.3 Å². The van der Waals surface area contributed by atoms with Gasteiger partial charge in [-0.25, -0.2) is 0 Å². The molecule has 2 aliphatic rings. The van der Waals surface area contributed by atoms with Gasteiger partial charge in [0.15, 0.2) is 0 Å². The van der Waals surface area contributed by atoms with Crippen molar-refractivity contribution in [2.75, 3.05) is 0 Å². The fourth-order valence-corrected chi connectivity index (χ4v) is 7.26. The Kier molecular flexibility index (Phi) is 9.74. The van der Waals surface area contributed by atoms with Crippen LogP contribution in [0, 0.1) is 11.8 Å². The van der Waals surface area contributed by atoms with Crippen molar-refractivity contribution in [3.63, 3.8) is 0 Å². The van der Waals surface area contributed by atoms with E-state index in [1.54, 1.807) is 11.8 Å². The molecule has 0 fully saturated rings. The van der Waals surface area contributed by atoms with Crippen LogP contribution < -0.4 is 5.73 Å². The van der Waals surface area contributed by atoms with Crippen molar-refractivity contribution in [1.29, 1.82) is 0 Å². The van der Waals surface area contributed by atoms with Gasteiger partial charge in [0, 0.05) is 19.8 Å². The van der Waals surface area contributed by atoms with Crippen molar-refractivity contribution in [2.45, 2.75) is 88.3 Å². The average molecular weight is 490 g/mol. The van der Waals surface area contributed by atoms with Gasteiger partial charge in [-0.05, 0) is 63.7 Å². The summed E-state index contributed by atoms with van der Waals surface area (Å²) in [5, 5.41) is 0.638. The summed E-state index contributed by atoms with van der Waals surface area (Å²) in [6.45, 7) is 20.3. The van der Waals surface area contributed by atoms with Gasteiger partial charge in [0.1, 0.15) is 0 Å².